The van der Waals surface area contributed by atoms with E-state index in [4.69, 9.17) is 0 Å². The van der Waals surface area contributed by atoms with Crippen molar-refractivity contribution in [2.45, 2.75) is 50.7 Å². The summed E-state index contributed by atoms with van der Waals surface area (Å²) >= 11 is 3.55. The molecule has 1 aliphatic heterocycles. The van der Waals surface area contributed by atoms with E-state index in [1.54, 1.807) is 0 Å². The van der Waals surface area contributed by atoms with E-state index < -0.39 is 0 Å². The molecule has 0 spiro atoms. The van der Waals surface area contributed by atoms with Gasteiger partial charge in [0.05, 0.1) is 5.41 Å². The van der Waals surface area contributed by atoms with Crippen molar-refractivity contribution in [3.8, 4) is 0 Å². The smallest absolute Gasteiger partial charge is 0.230 e. The number of halogens is 1. The van der Waals surface area contributed by atoms with E-state index >= 15 is 0 Å². The molecule has 130 valence electrons. The minimum Gasteiger partial charge on any atom is -0.351 e. The van der Waals surface area contributed by atoms with E-state index in [1.165, 1.54) is 16.7 Å². The Morgan fingerprint density at radius 1 is 1.08 bits per heavy atom. The van der Waals surface area contributed by atoms with Crippen LogP contribution in [0.5, 0.6) is 0 Å². The second kappa shape index (κ2) is 6.93. The van der Waals surface area contributed by atoms with Gasteiger partial charge in [-0.15, -0.1) is 0 Å². The van der Waals surface area contributed by atoms with E-state index in [1.807, 2.05) is 12.1 Å². The summed E-state index contributed by atoms with van der Waals surface area (Å²) in [5, 5.41) is 6.58. The van der Waals surface area contributed by atoms with Crippen LogP contribution in [0.25, 0.3) is 0 Å². The molecule has 1 aliphatic carbocycles. The van der Waals surface area contributed by atoms with Crippen LogP contribution < -0.4 is 10.6 Å². The monoisotopic (exact) mass is 398 g/mol. The molecule has 4 heteroatoms. The van der Waals surface area contributed by atoms with Gasteiger partial charge >= 0.3 is 0 Å². The number of hydrogen-bond acceptors (Lipinski definition) is 2. The summed E-state index contributed by atoms with van der Waals surface area (Å²) in [5.41, 5.74) is 4.67. The van der Waals surface area contributed by atoms with Gasteiger partial charge < -0.3 is 10.6 Å². The fourth-order valence-electron chi connectivity index (χ4n) is 4.22. The Labute approximate surface area is 157 Å². The third kappa shape index (κ3) is 3.25. The Balaban J connectivity index is 1.52. The minimum atomic E-state index is -0.373. The molecule has 2 aromatic rings. The van der Waals surface area contributed by atoms with Gasteiger partial charge in [0.15, 0.2) is 0 Å². The molecular formula is C21H23BrN2O. The van der Waals surface area contributed by atoms with Crippen LogP contribution in [0.2, 0.25) is 0 Å². The lowest BCUT2D eigenvalue weighted by molar-refractivity contribution is -0.126. The number of benzene rings is 2. The first-order chi connectivity index (χ1) is 12.2. The summed E-state index contributed by atoms with van der Waals surface area (Å²) in [6, 6.07) is 14.8. The second-order valence-corrected chi connectivity index (χ2v) is 8.10. The Kier molecular flexibility index (Phi) is 4.65. The zero-order chi connectivity index (χ0) is 17.3. The Morgan fingerprint density at radius 3 is 2.68 bits per heavy atom. The van der Waals surface area contributed by atoms with Crippen LogP contribution in [-0.2, 0) is 29.8 Å². The van der Waals surface area contributed by atoms with Crippen molar-refractivity contribution in [1.82, 2.24) is 10.6 Å². The summed E-state index contributed by atoms with van der Waals surface area (Å²) < 4.78 is 1.04. The summed E-state index contributed by atoms with van der Waals surface area (Å²) in [7, 11) is 0. The first-order valence-electron chi connectivity index (χ1n) is 9.03. The van der Waals surface area contributed by atoms with E-state index in [0.717, 1.165) is 48.8 Å². The molecule has 25 heavy (non-hydrogen) atoms. The van der Waals surface area contributed by atoms with Gasteiger partial charge in [0, 0.05) is 24.1 Å². The number of nitrogens with one attached hydrogen (secondary N) is 2. The zero-order valence-electron chi connectivity index (χ0n) is 14.3. The van der Waals surface area contributed by atoms with Gasteiger partial charge in [-0.05, 0) is 47.2 Å². The summed E-state index contributed by atoms with van der Waals surface area (Å²) in [6.45, 7) is 2.48. The molecule has 0 atom stereocenters. The Hall–Kier alpha value is -1.65. The average Bonchev–Trinajstić information content (AvgIpc) is 3.29. The maximum absolute atomic E-state index is 13.1. The molecule has 1 heterocycles. The predicted molar refractivity (Wildman–Crippen MR) is 103 cm³/mol. The summed E-state index contributed by atoms with van der Waals surface area (Å²) in [4.78, 5) is 13.1. The topological polar surface area (TPSA) is 41.1 Å². The van der Waals surface area contributed by atoms with Crippen molar-refractivity contribution in [2.75, 3.05) is 0 Å². The molecule has 1 amide bonds. The van der Waals surface area contributed by atoms with Crippen LogP contribution in [-0.4, -0.2) is 5.91 Å². The fourth-order valence-corrected chi connectivity index (χ4v) is 4.62. The molecule has 2 aliphatic rings. The summed E-state index contributed by atoms with van der Waals surface area (Å²) in [6.07, 6.45) is 4.10. The highest BCUT2D eigenvalue weighted by atomic mass is 79.9. The molecule has 1 fully saturated rings. The van der Waals surface area contributed by atoms with Crippen LogP contribution in [0.15, 0.2) is 46.9 Å². The normalized spacial score (nSPS) is 18.1. The van der Waals surface area contributed by atoms with Gasteiger partial charge in [-0.2, -0.15) is 0 Å². The van der Waals surface area contributed by atoms with Crippen LogP contribution in [0, 0.1) is 0 Å². The molecule has 0 aromatic heterocycles. The fraction of sp³-hybridized carbons (Fsp3) is 0.381. The van der Waals surface area contributed by atoms with E-state index in [0.29, 0.717) is 6.54 Å². The van der Waals surface area contributed by atoms with Crippen LogP contribution in [0.1, 0.15) is 47.9 Å². The van der Waals surface area contributed by atoms with Crippen LogP contribution in [0.3, 0.4) is 0 Å². The second-order valence-electron chi connectivity index (χ2n) is 7.19. The van der Waals surface area contributed by atoms with E-state index in [9.17, 15) is 4.79 Å². The van der Waals surface area contributed by atoms with Gasteiger partial charge in [0.2, 0.25) is 5.91 Å². The number of carbonyl (C=O) groups excluding carboxylic acids is 1. The number of rotatable bonds is 4. The van der Waals surface area contributed by atoms with Crippen molar-refractivity contribution in [3.63, 3.8) is 0 Å². The van der Waals surface area contributed by atoms with Gasteiger partial charge in [0.25, 0.3) is 0 Å². The number of hydrogen-bond donors (Lipinski definition) is 2. The molecular weight excluding hydrogens is 376 g/mol. The lowest BCUT2D eigenvalue weighted by atomic mass is 9.78. The number of amides is 1. The van der Waals surface area contributed by atoms with Gasteiger partial charge in [-0.25, -0.2) is 0 Å². The van der Waals surface area contributed by atoms with E-state index in [-0.39, 0.29) is 11.3 Å². The molecule has 0 bridgehead atoms. The first kappa shape index (κ1) is 16.8. The van der Waals surface area contributed by atoms with Crippen molar-refractivity contribution < 1.29 is 4.79 Å². The summed E-state index contributed by atoms with van der Waals surface area (Å²) in [5.74, 6) is 0.168. The van der Waals surface area contributed by atoms with Gasteiger partial charge in [0.1, 0.15) is 0 Å². The highest BCUT2D eigenvalue weighted by molar-refractivity contribution is 9.10. The molecule has 3 nitrogen and oxygen atoms in total. The van der Waals surface area contributed by atoms with Crippen molar-refractivity contribution in [2.24, 2.45) is 0 Å². The quantitative estimate of drug-likeness (QED) is 0.810. The van der Waals surface area contributed by atoms with Crippen molar-refractivity contribution in [3.05, 3.63) is 69.2 Å². The van der Waals surface area contributed by atoms with Crippen LogP contribution >= 0.6 is 15.9 Å². The van der Waals surface area contributed by atoms with Gasteiger partial charge in [-0.3, -0.25) is 4.79 Å². The van der Waals surface area contributed by atoms with E-state index in [2.05, 4.69) is 56.9 Å². The zero-order valence-corrected chi connectivity index (χ0v) is 15.9. The molecule has 4 rings (SSSR count). The van der Waals surface area contributed by atoms with Crippen molar-refractivity contribution >= 4 is 21.8 Å². The van der Waals surface area contributed by atoms with Crippen LogP contribution in [0.4, 0.5) is 0 Å². The highest BCUT2D eigenvalue weighted by Gasteiger charge is 2.42. The molecule has 1 saturated carbocycles. The third-order valence-electron chi connectivity index (χ3n) is 5.62. The first-order valence-corrected chi connectivity index (χ1v) is 9.82. The number of carbonyl (C=O) groups is 1. The number of fused-ring (bicyclic) bond motifs is 1. The maximum Gasteiger partial charge on any atom is 0.230 e. The lowest BCUT2D eigenvalue weighted by Crippen LogP contribution is -2.42. The lowest BCUT2D eigenvalue weighted by Gasteiger charge is -2.28. The van der Waals surface area contributed by atoms with Gasteiger partial charge in [-0.1, -0.05) is 59.1 Å². The van der Waals surface area contributed by atoms with Crippen molar-refractivity contribution in [1.29, 1.82) is 0 Å². The molecule has 2 aromatic carbocycles. The predicted octanol–water partition coefficient (Wildman–Crippen LogP) is 4.18. The highest BCUT2D eigenvalue weighted by Crippen LogP contribution is 2.42. The maximum atomic E-state index is 13.1. The Morgan fingerprint density at radius 2 is 1.88 bits per heavy atom. The standard InChI is InChI=1S/C21H23BrN2O/c22-19-5-3-4-18(11-19)21(8-1-2-9-21)20(25)24-12-15-6-7-16-13-23-14-17(16)10-15/h3-7,10-11,23H,1-2,8-9,12-14H2,(H,24,25). The SMILES string of the molecule is O=C(NCc1ccc2c(c1)CNC2)C1(c2cccc(Br)c2)CCCC1. The average molecular weight is 399 g/mol. The molecule has 0 saturated heterocycles. The largest absolute Gasteiger partial charge is 0.351 e. The Bertz CT molecular complexity index is 796. The third-order valence-corrected chi connectivity index (χ3v) is 6.12. The molecule has 2 N–H and O–H groups in total. The minimum absolute atomic E-state index is 0.168. The molecule has 0 unspecified atom stereocenters. The molecule has 0 radical (unpaired) electrons.